The summed E-state index contributed by atoms with van der Waals surface area (Å²) in [6, 6.07) is 8.03. The van der Waals surface area contributed by atoms with Gasteiger partial charge in [-0.2, -0.15) is 10.2 Å². The van der Waals surface area contributed by atoms with E-state index in [1.54, 1.807) is 6.20 Å². The fourth-order valence-corrected chi connectivity index (χ4v) is 1.79. The maximum absolute atomic E-state index is 4.34. The SMILES string of the molecule is CSc1nncc(/C(C)=N/Nc2cccc(C)c2)n1. The molecule has 1 aromatic heterocycles. The minimum Gasteiger partial charge on any atom is -0.278 e. The van der Waals surface area contributed by atoms with Crippen LogP contribution in [0.15, 0.2) is 40.7 Å². The average molecular weight is 273 g/mol. The molecule has 0 saturated heterocycles. The first-order valence-corrected chi connectivity index (χ1v) is 7.02. The van der Waals surface area contributed by atoms with Crippen molar-refractivity contribution in [3.05, 3.63) is 41.7 Å². The number of hydrogen-bond acceptors (Lipinski definition) is 6. The monoisotopic (exact) mass is 273 g/mol. The fourth-order valence-electron chi connectivity index (χ4n) is 1.47. The van der Waals surface area contributed by atoms with Crippen molar-refractivity contribution in [1.29, 1.82) is 0 Å². The van der Waals surface area contributed by atoms with Gasteiger partial charge in [0.15, 0.2) is 0 Å². The van der Waals surface area contributed by atoms with Gasteiger partial charge in [-0.3, -0.25) is 5.43 Å². The average Bonchev–Trinajstić information content (AvgIpc) is 2.45. The van der Waals surface area contributed by atoms with E-state index >= 15 is 0 Å². The molecule has 0 saturated carbocycles. The molecule has 1 heterocycles. The van der Waals surface area contributed by atoms with Crippen molar-refractivity contribution < 1.29 is 0 Å². The standard InChI is InChI=1S/C13H15N5S/c1-9-5-4-6-11(7-9)17-16-10(2)12-8-14-18-13(15-12)19-3/h4-8,17H,1-3H3/b16-10+. The first-order chi connectivity index (χ1) is 9.19. The van der Waals surface area contributed by atoms with E-state index in [2.05, 4.69) is 25.7 Å². The lowest BCUT2D eigenvalue weighted by Gasteiger charge is -2.04. The van der Waals surface area contributed by atoms with Gasteiger partial charge in [-0.15, -0.1) is 5.10 Å². The van der Waals surface area contributed by atoms with Crippen molar-refractivity contribution in [3.8, 4) is 0 Å². The maximum atomic E-state index is 4.34. The van der Waals surface area contributed by atoms with Crippen molar-refractivity contribution in [2.24, 2.45) is 5.10 Å². The van der Waals surface area contributed by atoms with Crippen LogP contribution in [0.1, 0.15) is 18.2 Å². The molecule has 0 amide bonds. The summed E-state index contributed by atoms with van der Waals surface area (Å²) in [4.78, 5) is 4.34. The molecular formula is C13H15N5S. The zero-order valence-electron chi connectivity index (χ0n) is 11.1. The van der Waals surface area contributed by atoms with E-state index < -0.39 is 0 Å². The summed E-state index contributed by atoms with van der Waals surface area (Å²) in [5.74, 6) is 0. The summed E-state index contributed by atoms with van der Waals surface area (Å²) in [5.41, 5.74) is 6.64. The summed E-state index contributed by atoms with van der Waals surface area (Å²) in [5, 5.41) is 12.7. The lowest BCUT2D eigenvalue weighted by atomic mass is 10.2. The number of hydrazone groups is 1. The van der Waals surface area contributed by atoms with Gasteiger partial charge in [-0.1, -0.05) is 23.9 Å². The Hall–Kier alpha value is -1.95. The molecule has 2 aromatic rings. The Morgan fingerprint density at radius 2 is 2.21 bits per heavy atom. The highest BCUT2D eigenvalue weighted by Gasteiger charge is 2.02. The molecule has 0 unspecified atom stereocenters. The number of nitrogens with one attached hydrogen (secondary N) is 1. The Balaban J connectivity index is 2.14. The second-order valence-corrected chi connectivity index (χ2v) is 4.78. The van der Waals surface area contributed by atoms with Crippen LogP contribution in [0.4, 0.5) is 5.69 Å². The zero-order chi connectivity index (χ0) is 13.7. The molecule has 0 aliphatic heterocycles. The molecule has 5 nitrogen and oxygen atoms in total. The highest BCUT2D eigenvalue weighted by Crippen LogP contribution is 2.10. The molecule has 0 radical (unpaired) electrons. The number of hydrogen-bond donors (Lipinski definition) is 1. The van der Waals surface area contributed by atoms with E-state index in [-0.39, 0.29) is 0 Å². The normalized spacial score (nSPS) is 11.4. The van der Waals surface area contributed by atoms with E-state index in [9.17, 15) is 0 Å². The summed E-state index contributed by atoms with van der Waals surface area (Å²) in [6.07, 6.45) is 3.52. The predicted octanol–water partition coefficient (Wildman–Crippen LogP) is 2.74. The van der Waals surface area contributed by atoms with Crippen LogP contribution in [-0.2, 0) is 0 Å². The van der Waals surface area contributed by atoms with Crippen LogP contribution in [0, 0.1) is 6.92 Å². The first-order valence-electron chi connectivity index (χ1n) is 5.80. The van der Waals surface area contributed by atoms with Gasteiger partial charge in [0.25, 0.3) is 0 Å². The van der Waals surface area contributed by atoms with Gasteiger partial charge in [0.1, 0.15) is 5.69 Å². The van der Waals surface area contributed by atoms with Gasteiger partial charge in [0, 0.05) is 0 Å². The van der Waals surface area contributed by atoms with Crippen LogP contribution < -0.4 is 5.43 Å². The molecule has 0 spiro atoms. The number of thioether (sulfide) groups is 1. The van der Waals surface area contributed by atoms with E-state index in [0.717, 1.165) is 17.1 Å². The molecule has 0 aliphatic rings. The van der Waals surface area contributed by atoms with E-state index in [4.69, 9.17) is 0 Å². The Labute approximate surface area is 116 Å². The maximum Gasteiger partial charge on any atom is 0.209 e. The summed E-state index contributed by atoms with van der Waals surface area (Å²) < 4.78 is 0. The highest BCUT2D eigenvalue weighted by atomic mass is 32.2. The van der Waals surface area contributed by atoms with Crippen molar-refractivity contribution in [3.63, 3.8) is 0 Å². The largest absolute Gasteiger partial charge is 0.278 e. The van der Waals surface area contributed by atoms with Crippen LogP contribution in [-0.4, -0.2) is 27.1 Å². The van der Waals surface area contributed by atoms with Crippen LogP contribution in [0.2, 0.25) is 0 Å². The molecule has 6 heteroatoms. The Bertz CT molecular complexity index is 597. The second kappa shape index (κ2) is 6.29. The fraction of sp³-hybridized carbons (Fsp3) is 0.231. The number of rotatable bonds is 4. The van der Waals surface area contributed by atoms with Gasteiger partial charge in [-0.25, -0.2) is 4.98 Å². The lowest BCUT2D eigenvalue weighted by molar-refractivity contribution is 0.833. The van der Waals surface area contributed by atoms with Gasteiger partial charge in [0.2, 0.25) is 5.16 Å². The van der Waals surface area contributed by atoms with Crippen LogP contribution in [0.25, 0.3) is 0 Å². The minimum absolute atomic E-state index is 0.641. The predicted molar refractivity (Wildman–Crippen MR) is 78.6 cm³/mol. The zero-order valence-corrected chi connectivity index (χ0v) is 11.9. The first kappa shape index (κ1) is 13.5. The molecule has 19 heavy (non-hydrogen) atoms. The number of aromatic nitrogens is 3. The third kappa shape index (κ3) is 3.75. The summed E-state index contributed by atoms with van der Waals surface area (Å²) >= 11 is 1.46. The molecular weight excluding hydrogens is 258 g/mol. The minimum atomic E-state index is 0.641. The van der Waals surface area contributed by atoms with Crippen LogP contribution >= 0.6 is 11.8 Å². The number of anilines is 1. The number of benzene rings is 1. The number of aryl methyl sites for hydroxylation is 1. The molecule has 0 atom stereocenters. The topological polar surface area (TPSA) is 63.1 Å². The van der Waals surface area contributed by atoms with Crippen LogP contribution in [0.3, 0.4) is 0 Å². The molecule has 98 valence electrons. The second-order valence-electron chi connectivity index (χ2n) is 4.01. The molecule has 0 fully saturated rings. The summed E-state index contributed by atoms with van der Waals surface area (Å²) in [7, 11) is 0. The summed E-state index contributed by atoms with van der Waals surface area (Å²) in [6.45, 7) is 3.93. The molecule has 0 bridgehead atoms. The van der Waals surface area contributed by atoms with Gasteiger partial charge in [-0.05, 0) is 37.8 Å². The number of nitrogens with zero attached hydrogens (tertiary/aromatic N) is 4. The van der Waals surface area contributed by atoms with Crippen molar-refractivity contribution in [1.82, 2.24) is 15.2 Å². The Kier molecular flexibility index (Phi) is 4.46. The highest BCUT2D eigenvalue weighted by molar-refractivity contribution is 7.98. The van der Waals surface area contributed by atoms with Gasteiger partial charge < -0.3 is 0 Å². The quantitative estimate of drug-likeness (QED) is 0.527. The lowest BCUT2D eigenvalue weighted by Crippen LogP contribution is -2.05. The van der Waals surface area contributed by atoms with Crippen molar-refractivity contribution in [2.75, 3.05) is 11.7 Å². The van der Waals surface area contributed by atoms with Crippen molar-refractivity contribution in [2.45, 2.75) is 19.0 Å². The van der Waals surface area contributed by atoms with E-state index in [1.807, 2.05) is 44.4 Å². The molecule has 1 aromatic carbocycles. The Morgan fingerprint density at radius 3 is 2.95 bits per heavy atom. The molecule has 1 N–H and O–H groups in total. The smallest absolute Gasteiger partial charge is 0.209 e. The molecule has 2 rings (SSSR count). The third-order valence-electron chi connectivity index (χ3n) is 2.46. The van der Waals surface area contributed by atoms with E-state index in [1.165, 1.54) is 17.3 Å². The Morgan fingerprint density at radius 1 is 1.37 bits per heavy atom. The van der Waals surface area contributed by atoms with Crippen molar-refractivity contribution >= 4 is 23.2 Å². The van der Waals surface area contributed by atoms with Gasteiger partial charge in [0.05, 0.1) is 17.6 Å². The third-order valence-corrected chi connectivity index (χ3v) is 3.00. The van der Waals surface area contributed by atoms with Crippen LogP contribution in [0.5, 0.6) is 0 Å². The van der Waals surface area contributed by atoms with E-state index in [0.29, 0.717) is 5.16 Å². The molecule has 0 aliphatic carbocycles. The van der Waals surface area contributed by atoms with Gasteiger partial charge >= 0.3 is 0 Å².